The van der Waals surface area contributed by atoms with Crippen molar-refractivity contribution in [2.24, 2.45) is 0 Å². The molecule has 0 bridgehead atoms. The number of amides is 1. The Balaban J connectivity index is 2.10. The maximum atomic E-state index is 11.9. The van der Waals surface area contributed by atoms with Gasteiger partial charge in [-0.1, -0.05) is 18.2 Å². The first kappa shape index (κ1) is 11.7. The van der Waals surface area contributed by atoms with Crippen LogP contribution in [0.25, 0.3) is 0 Å². The lowest BCUT2D eigenvalue weighted by atomic mass is 10.1. The molecular formula is C13H13NO2S. The van der Waals surface area contributed by atoms with Gasteiger partial charge in [0, 0.05) is 4.88 Å². The molecule has 0 aliphatic heterocycles. The van der Waals surface area contributed by atoms with Crippen LogP contribution in [0.15, 0.2) is 41.8 Å². The third kappa shape index (κ3) is 2.65. The van der Waals surface area contributed by atoms with Gasteiger partial charge in [-0.15, -0.1) is 11.3 Å². The summed E-state index contributed by atoms with van der Waals surface area (Å²) in [5.41, 5.74) is 0.302. The Morgan fingerprint density at radius 3 is 2.71 bits per heavy atom. The summed E-state index contributed by atoms with van der Waals surface area (Å²) in [5, 5.41) is 14.4. The minimum absolute atomic E-state index is 0.00313. The average molecular weight is 247 g/mol. The zero-order chi connectivity index (χ0) is 12.3. The molecular weight excluding hydrogens is 234 g/mol. The van der Waals surface area contributed by atoms with Crippen LogP contribution in [0, 0.1) is 0 Å². The number of rotatable bonds is 3. The SMILES string of the molecule is C[C@@H](NC(=O)c1ccccc1O)c1cccs1. The van der Waals surface area contributed by atoms with E-state index in [9.17, 15) is 9.90 Å². The maximum Gasteiger partial charge on any atom is 0.255 e. The van der Waals surface area contributed by atoms with Crippen molar-refractivity contribution in [1.82, 2.24) is 5.32 Å². The van der Waals surface area contributed by atoms with E-state index in [1.807, 2.05) is 24.4 Å². The Morgan fingerprint density at radius 2 is 2.06 bits per heavy atom. The highest BCUT2D eigenvalue weighted by atomic mass is 32.1. The predicted molar refractivity (Wildman–Crippen MR) is 68.3 cm³/mol. The largest absolute Gasteiger partial charge is 0.507 e. The molecule has 1 atom stereocenters. The molecule has 2 rings (SSSR count). The van der Waals surface area contributed by atoms with Gasteiger partial charge in [0.25, 0.3) is 5.91 Å². The fourth-order valence-electron chi connectivity index (χ4n) is 1.55. The summed E-state index contributed by atoms with van der Waals surface area (Å²) in [6.45, 7) is 1.92. The van der Waals surface area contributed by atoms with Crippen LogP contribution in [-0.2, 0) is 0 Å². The molecule has 1 heterocycles. The lowest BCUT2D eigenvalue weighted by Gasteiger charge is -2.12. The molecule has 0 spiro atoms. The average Bonchev–Trinajstić information content (AvgIpc) is 2.82. The van der Waals surface area contributed by atoms with Crippen LogP contribution >= 0.6 is 11.3 Å². The maximum absolute atomic E-state index is 11.9. The molecule has 0 radical (unpaired) electrons. The van der Waals surface area contributed by atoms with E-state index < -0.39 is 0 Å². The molecule has 0 unspecified atom stereocenters. The molecule has 4 heteroatoms. The summed E-state index contributed by atoms with van der Waals surface area (Å²) in [4.78, 5) is 13.0. The lowest BCUT2D eigenvalue weighted by molar-refractivity contribution is 0.0938. The number of nitrogens with one attached hydrogen (secondary N) is 1. The highest BCUT2D eigenvalue weighted by molar-refractivity contribution is 7.10. The Hall–Kier alpha value is -1.81. The van der Waals surface area contributed by atoms with E-state index in [4.69, 9.17) is 0 Å². The number of phenolic OH excluding ortho intramolecular Hbond substituents is 1. The van der Waals surface area contributed by atoms with E-state index in [2.05, 4.69) is 5.32 Å². The number of carbonyl (C=O) groups excluding carboxylic acids is 1. The standard InChI is InChI=1S/C13H13NO2S/c1-9(12-7-4-8-17-12)14-13(16)10-5-2-3-6-11(10)15/h2-9,15H,1H3,(H,14,16)/t9-/m1/s1. The number of thiophene rings is 1. The van der Waals surface area contributed by atoms with Crippen molar-refractivity contribution < 1.29 is 9.90 Å². The van der Waals surface area contributed by atoms with Gasteiger partial charge in [0.2, 0.25) is 0 Å². The molecule has 0 saturated carbocycles. The van der Waals surface area contributed by atoms with E-state index in [1.165, 1.54) is 6.07 Å². The number of para-hydroxylation sites is 1. The van der Waals surface area contributed by atoms with E-state index in [1.54, 1.807) is 29.5 Å². The van der Waals surface area contributed by atoms with Crippen molar-refractivity contribution in [3.05, 3.63) is 52.2 Å². The Bertz CT molecular complexity index is 508. The molecule has 0 saturated heterocycles. The summed E-state index contributed by atoms with van der Waals surface area (Å²) >= 11 is 1.60. The highest BCUT2D eigenvalue weighted by Gasteiger charge is 2.14. The van der Waals surface area contributed by atoms with Crippen LogP contribution in [0.3, 0.4) is 0 Å². The number of aromatic hydroxyl groups is 1. The van der Waals surface area contributed by atoms with Crippen LogP contribution in [-0.4, -0.2) is 11.0 Å². The summed E-state index contributed by atoms with van der Waals surface area (Å²) < 4.78 is 0. The molecule has 0 aliphatic carbocycles. The molecule has 1 aromatic carbocycles. The molecule has 3 nitrogen and oxygen atoms in total. The Kier molecular flexibility index (Phi) is 3.44. The molecule has 1 amide bonds. The van der Waals surface area contributed by atoms with Crippen LogP contribution in [0.2, 0.25) is 0 Å². The van der Waals surface area contributed by atoms with Crippen LogP contribution < -0.4 is 5.32 Å². The number of hydrogen-bond acceptors (Lipinski definition) is 3. The van der Waals surface area contributed by atoms with Crippen molar-refractivity contribution >= 4 is 17.2 Å². The Labute approximate surface area is 104 Å². The van der Waals surface area contributed by atoms with Gasteiger partial charge in [-0.3, -0.25) is 4.79 Å². The van der Waals surface area contributed by atoms with Crippen LogP contribution in [0.4, 0.5) is 0 Å². The fourth-order valence-corrected chi connectivity index (χ4v) is 2.28. The van der Waals surface area contributed by atoms with Crippen molar-refractivity contribution in [2.75, 3.05) is 0 Å². The Morgan fingerprint density at radius 1 is 1.29 bits per heavy atom. The summed E-state index contributed by atoms with van der Waals surface area (Å²) in [7, 11) is 0. The molecule has 88 valence electrons. The van der Waals surface area contributed by atoms with Gasteiger partial charge in [0.15, 0.2) is 0 Å². The first-order chi connectivity index (χ1) is 8.18. The zero-order valence-corrected chi connectivity index (χ0v) is 10.2. The number of benzene rings is 1. The number of phenols is 1. The molecule has 0 aliphatic rings. The van der Waals surface area contributed by atoms with Crippen LogP contribution in [0.1, 0.15) is 28.2 Å². The normalized spacial score (nSPS) is 12.1. The van der Waals surface area contributed by atoms with E-state index in [0.29, 0.717) is 5.56 Å². The molecule has 17 heavy (non-hydrogen) atoms. The highest BCUT2D eigenvalue weighted by Crippen LogP contribution is 2.20. The molecule has 1 aromatic heterocycles. The van der Waals surface area contributed by atoms with E-state index in [0.717, 1.165) is 4.88 Å². The summed E-state index contributed by atoms with van der Waals surface area (Å²) in [6.07, 6.45) is 0. The van der Waals surface area contributed by atoms with Crippen molar-refractivity contribution in [3.63, 3.8) is 0 Å². The summed E-state index contributed by atoms with van der Waals surface area (Å²) in [6, 6.07) is 10.4. The predicted octanol–water partition coefficient (Wildman–Crippen LogP) is 2.94. The van der Waals surface area contributed by atoms with E-state index in [-0.39, 0.29) is 17.7 Å². The number of hydrogen-bond donors (Lipinski definition) is 2. The number of carbonyl (C=O) groups is 1. The van der Waals surface area contributed by atoms with Gasteiger partial charge < -0.3 is 10.4 Å². The van der Waals surface area contributed by atoms with E-state index >= 15 is 0 Å². The van der Waals surface area contributed by atoms with Crippen molar-refractivity contribution in [3.8, 4) is 5.75 Å². The molecule has 2 N–H and O–H groups in total. The first-order valence-electron chi connectivity index (χ1n) is 5.30. The third-order valence-electron chi connectivity index (χ3n) is 2.47. The fraction of sp³-hybridized carbons (Fsp3) is 0.154. The van der Waals surface area contributed by atoms with Crippen molar-refractivity contribution in [2.45, 2.75) is 13.0 Å². The molecule has 0 fully saturated rings. The quantitative estimate of drug-likeness (QED) is 0.876. The minimum Gasteiger partial charge on any atom is -0.507 e. The molecule has 2 aromatic rings. The third-order valence-corrected chi connectivity index (χ3v) is 3.52. The first-order valence-corrected chi connectivity index (χ1v) is 6.18. The minimum atomic E-state index is -0.260. The van der Waals surface area contributed by atoms with Crippen molar-refractivity contribution in [1.29, 1.82) is 0 Å². The van der Waals surface area contributed by atoms with Gasteiger partial charge in [-0.25, -0.2) is 0 Å². The topological polar surface area (TPSA) is 49.3 Å². The van der Waals surface area contributed by atoms with Gasteiger partial charge >= 0.3 is 0 Å². The summed E-state index contributed by atoms with van der Waals surface area (Å²) in [5.74, 6) is -0.257. The van der Waals surface area contributed by atoms with Gasteiger partial charge in [0.05, 0.1) is 11.6 Å². The second-order valence-electron chi connectivity index (χ2n) is 3.73. The zero-order valence-electron chi connectivity index (χ0n) is 9.38. The lowest BCUT2D eigenvalue weighted by Crippen LogP contribution is -2.26. The monoisotopic (exact) mass is 247 g/mol. The second-order valence-corrected chi connectivity index (χ2v) is 4.71. The van der Waals surface area contributed by atoms with Gasteiger partial charge in [0.1, 0.15) is 5.75 Å². The second kappa shape index (κ2) is 5.01. The smallest absolute Gasteiger partial charge is 0.255 e. The van der Waals surface area contributed by atoms with Gasteiger partial charge in [-0.05, 0) is 30.5 Å². The van der Waals surface area contributed by atoms with Gasteiger partial charge in [-0.2, -0.15) is 0 Å². The van der Waals surface area contributed by atoms with Crippen LogP contribution in [0.5, 0.6) is 5.75 Å².